The fourth-order valence-electron chi connectivity index (χ4n) is 3.82. The zero-order valence-corrected chi connectivity index (χ0v) is 15.2. The van der Waals surface area contributed by atoms with Crippen molar-refractivity contribution in [3.63, 3.8) is 0 Å². The third-order valence-corrected chi connectivity index (χ3v) is 5.58. The van der Waals surface area contributed by atoms with Gasteiger partial charge in [0.15, 0.2) is 0 Å². The van der Waals surface area contributed by atoms with Crippen LogP contribution in [-0.2, 0) is 12.1 Å². The average Bonchev–Trinajstić information content (AvgIpc) is 2.93. The topological polar surface area (TPSA) is 52.1 Å². The monoisotopic (exact) mass is 353 g/mol. The van der Waals surface area contributed by atoms with Gasteiger partial charge >= 0.3 is 0 Å². The molecule has 1 fully saturated rings. The van der Waals surface area contributed by atoms with Crippen molar-refractivity contribution < 1.29 is 9.50 Å². The van der Waals surface area contributed by atoms with E-state index in [1.165, 1.54) is 6.07 Å². The van der Waals surface area contributed by atoms with Crippen LogP contribution in [0.4, 0.5) is 4.39 Å². The smallest absolute Gasteiger partial charge is 0.123 e. The van der Waals surface area contributed by atoms with Crippen LogP contribution < -0.4 is 0 Å². The molecule has 0 bridgehead atoms. The molecule has 3 aromatic rings. The Hall–Kier alpha value is -2.24. The molecular weight excluding hydrogens is 329 g/mol. The predicted molar refractivity (Wildman–Crippen MR) is 100 cm³/mol. The second kappa shape index (κ2) is 6.49. The van der Waals surface area contributed by atoms with E-state index in [1.54, 1.807) is 12.1 Å². The van der Waals surface area contributed by atoms with Crippen molar-refractivity contribution >= 4 is 10.9 Å². The van der Waals surface area contributed by atoms with E-state index in [0.29, 0.717) is 12.8 Å². The Morgan fingerprint density at radius 1 is 1.19 bits per heavy atom. The summed E-state index contributed by atoms with van der Waals surface area (Å²) in [6.07, 6.45) is 3.14. The number of pyridine rings is 1. The molecule has 2 N–H and O–H groups in total. The Balaban J connectivity index is 1.47. The third kappa shape index (κ3) is 3.13. The van der Waals surface area contributed by atoms with Gasteiger partial charge in [0.05, 0.1) is 5.69 Å². The van der Waals surface area contributed by atoms with E-state index in [0.717, 1.165) is 53.1 Å². The minimum absolute atomic E-state index is 0.209. The van der Waals surface area contributed by atoms with Gasteiger partial charge in [0.1, 0.15) is 11.4 Å². The van der Waals surface area contributed by atoms with Crippen LogP contribution in [-0.4, -0.2) is 33.1 Å². The SMILES string of the molecule is Cc1ccc(C2(O)CCN(Cc3[nH]c4ccc(F)cc4c3C)CC2)nc1. The van der Waals surface area contributed by atoms with Crippen molar-refractivity contribution in [3.8, 4) is 0 Å². The maximum Gasteiger partial charge on any atom is 0.123 e. The van der Waals surface area contributed by atoms with Crippen molar-refractivity contribution in [2.45, 2.75) is 38.8 Å². The molecule has 2 aromatic heterocycles. The predicted octanol–water partition coefficient (Wildman–Crippen LogP) is 3.80. The summed E-state index contributed by atoms with van der Waals surface area (Å²) >= 11 is 0. The first-order valence-corrected chi connectivity index (χ1v) is 9.09. The number of H-pyrrole nitrogens is 1. The van der Waals surface area contributed by atoms with E-state index in [1.807, 2.05) is 32.2 Å². The fourth-order valence-corrected chi connectivity index (χ4v) is 3.82. The maximum atomic E-state index is 13.5. The molecule has 1 aromatic carbocycles. The third-order valence-electron chi connectivity index (χ3n) is 5.58. The normalized spacial score (nSPS) is 17.7. The van der Waals surface area contributed by atoms with Crippen LogP contribution >= 0.6 is 0 Å². The first-order valence-electron chi connectivity index (χ1n) is 9.09. The lowest BCUT2D eigenvalue weighted by Crippen LogP contribution is -2.42. The molecular formula is C21H24FN3O. The first-order chi connectivity index (χ1) is 12.4. The number of hydrogen-bond acceptors (Lipinski definition) is 3. The van der Waals surface area contributed by atoms with E-state index in [2.05, 4.69) is 14.9 Å². The molecule has 0 saturated carbocycles. The molecule has 5 heteroatoms. The van der Waals surface area contributed by atoms with Gasteiger partial charge in [0.2, 0.25) is 0 Å². The number of hydrogen-bond donors (Lipinski definition) is 2. The van der Waals surface area contributed by atoms with Gasteiger partial charge in [-0.05, 0) is 62.1 Å². The van der Waals surface area contributed by atoms with Crippen LogP contribution in [0.3, 0.4) is 0 Å². The number of aliphatic hydroxyl groups is 1. The van der Waals surface area contributed by atoms with E-state index >= 15 is 0 Å². The molecule has 0 amide bonds. The van der Waals surface area contributed by atoms with Crippen LogP contribution in [0.5, 0.6) is 0 Å². The zero-order valence-electron chi connectivity index (χ0n) is 15.2. The average molecular weight is 353 g/mol. The molecule has 0 spiro atoms. The lowest BCUT2D eigenvalue weighted by molar-refractivity contribution is -0.0313. The standard InChI is InChI=1S/C21H24FN3O/c1-14-3-6-20(23-12-14)21(26)7-9-25(10-8-21)13-19-15(2)17-11-16(22)4-5-18(17)24-19/h3-6,11-12,24,26H,7-10,13H2,1-2H3. The highest BCUT2D eigenvalue weighted by Gasteiger charge is 2.35. The number of likely N-dealkylation sites (tertiary alicyclic amines) is 1. The number of benzene rings is 1. The number of aryl methyl sites for hydroxylation is 2. The van der Waals surface area contributed by atoms with E-state index in [-0.39, 0.29) is 5.82 Å². The van der Waals surface area contributed by atoms with Gasteiger partial charge in [-0.2, -0.15) is 0 Å². The number of nitrogens with one attached hydrogen (secondary N) is 1. The van der Waals surface area contributed by atoms with Gasteiger partial charge in [-0.15, -0.1) is 0 Å². The summed E-state index contributed by atoms with van der Waals surface area (Å²) in [5.74, 6) is -0.209. The van der Waals surface area contributed by atoms with Crippen LogP contribution in [0.15, 0.2) is 36.5 Å². The van der Waals surface area contributed by atoms with Crippen molar-refractivity contribution in [1.82, 2.24) is 14.9 Å². The summed E-state index contributed by atoms with van der Waals surface area (Å²) in [5, 5.41) is 11.9. The lowest BCUT2D eigenvalue weighted by Gasteiger charge is -2.37. The van der Waals surface area contributed by atoms with Gasteiger partial charge in [-0.25, -0.2) is 4.39 Å². The lowest BCUT2D eigenvalue weighted by atomic mass is 9.87. The van der Waals surface area contributed by atoms with Gasteiger partial charge in [0.25, 0.3) is 0 Å². The highest BCUT2D eigenvalue weighted by atomic mass is 19.1. The van der Waals surface area contributed by atoms with Gasteiger partial charge in [0, 0.05) is 42.4 Å². The molecule has 0 atom stereocenters. The molecule has 26 heavy (non-hydrogen) atoms. The molecule has 1 aliphatic heterocycles. The van der Waals surface area contributed by atoms with Crippen molar-refractivity contribution in [2.24, 2.45) is 0 Å². The largest absolute Gasteiger partial charge is 0.383 e. The van der Waals surface area contributed by atoms with E-state index in [4.69, 9.17) is 0 Å². The molecule has 0 aliphatic carbocycles. The number of fused-ring (bicyclic) bond motifs is 1. The quantitative estimate of drug-likeness (QED) is 0.753. The number of rotatable bonds is 3. The minimum atomic E-state index is -0.844. The molecule has 4 nitrogen and oxygen atoms in total. The summed E-state index contributed by atoms with van der Waals surface area (Å²) in [6, 6.07) is 8.79. The number of aromatic amines is 1. The summed E-state index contributed by atoms with van der Waals surface area (Å²) in [6.45, 7) is 6.41. The van der Waals surface area contributed by atoms with Gasteiger partial charge < -0.3 is 10.1 Å². The Morgan fingerprint density at radius 2 is 1.96 bits per heavy atom. The zero-order chi connectivity index (χ0) is 18.3. The Bertz CT molecular complexity index is 924. The highest BCUT2D eigenvalue weighted by Crippen LogP contribution is 2.33. The van der Waals surface area contributed by atoms with Crippen LogP contribution in [0.25, 0.3) is 10.9 Å². The fraction of sp³-hybridized carbons (Fsp3) is 0.381. The first kappa shape index (κ1) is 17.2. The van der Waals surface area contributed by atoms with Crippen molar-refractivity contribution in [1.29, 1.82) is 0 Å². The van der Waals surface area contributed by atoms with Crippen molar-refractivity contribution in [3.05, 3.63) is 64.9 Å². The molecule has 0 radical (unpaired) electrons. The molecule has 136 valence electrons. The van der Waals surface area contributed by atoms with Crippen LogP contribution in [0, 0.1) is 19.7 Å². The number of nitrogens with zero attached hydrogens (tertiary/aromatic N) is 2. The number of aromatic nitrogens is 2. The highest BCUT2D eigenvalue weighted by molar-refractivity contribution is 5.84. The van der Waals surface area contributed by atoms with Gasteiger partial charge in [-0.3, -0.25) is 9.88 Å². The minimum Gasteiger partial charge on any atom is -0.383 e. The summed E-state index contributed by atoms with van der Waals surface area (Å²) in [5.41, 5.74) is 4.20. The van der Waals surface area contributed by atoms with Gasteiger partial charge in [-0.1, -0.05) is 6.07 Å². The van der Waals surface area contributed by atoms with Crippen molar-refractivity contribution in [2.75, 3.05) is 13.1 Å². The molecule has 0 unspecified atom stereocenters. The molecule has 4 rings (SSSR count). The van der Waals surface area contributed by atoms with Crippen LogP contribution in [0.1, 0.15) is 35.4 Å². The summed E-state index contributed by atoms with van der Waals surface area (Å²) in [4.78, 5) is 10.2. The molecule has 3 heterocycles. The number of piperidine rings is 1. The van der Waals surface area contributed by atoms with E-state index in [9.17, 15) is 9.50 Å². The second-order valence-corrected chi connectivity index (χ2v) is 7.45. The Morgan fingerprint density at radius 3 is 2.65 bits per heavy atom. The van der Waals surface area contributed by atoms with Crippen LogP contribution in [0.2, 0.25) is 0 Å². The molecule has 1 saturated heterocycles. The second-order valence-electron chi connectivity index (χ2n) is 7.45. The maximum absolute atomic E-state index is 13.5. The van der Waals surface area contributed by atoms with E-state index < -0.39 is 5.60 Å². The number of halogens is 1. The summed E-state index contributed by atoms with van der Waals surface area (Å²) in [7, 11) is 0. The molecule has 1 aliphatic rings. The summed E-state index contributed by atoms with van der Waals surface area (Å²) < 4.78 is 13.5. The Labute approximate surface area is 152 Å². The Kier molecular flexibility index (Phi) is 4.29.